The molecule has 0 unspecified atom stereocenters. The number of fused-ring (bicyclic) bond motifs is 1. The molecule has 2 aromatic carbocycles. The summed E-state index contributed by atoms with van der Waals surface area (Å²) >= 11 is 0. The zero-order valence-electron chi connectivity index (χ0n) is 16.6. The molecule has 1 saturated heterocycles. The highest BCUT2D eigenvalue weighted by atomic mass is 35.7. The molecule has 0 spiro atoms. The lowest BCUT2D eigenvalue weighted by Gasteiger charge is -2.51. The third kappa shape index (κ3) is 3.30. The van der Waals surface area contributed by atoms with Crippen molar-refractivity contribution in [1.82, 2.24) is 0 Å². The molecule has 7 heteroatoms. The molecule has 1 saturated carbocycles. The molecule has 1 heterocycles. The fourth-order valence-electron chi connectivity index (χ4n) is 5.77. The first-order valence-corrected chi connectivity index (χ1v) is 12.7. The molecule has 2 aromatic rings. The van der Waals surface area contributed by atoms with E-state index >= 15 is 0 Å². The second-order valence-electron chi connectivity index (χ2n) is 8.52. The number of benzene rings is 2. The van der Waals surface area contributed by atoms with Gasteiger partial charge >= 0.3 is 9.24 Å². The summed E-state index contributed by atoms with van der Waals surface area (Å²) in [5.74, 6) is 1.10. The Labute approximate surface area is 181 Å². The van der Waals surface area contributed by atoms with Gasteiger partial charge in [-0.2, -0.15) is 8.42 Å². The average Bonchev–Trinajstić information content (AvgIpc) is 3.05. The maximum atomic E-state index is 11.6. The lowest BCUT2D eigenvalue weighted by molar-refractivity contribution is -0.0336. The fourth-order valence-corrected chi connectivity index (χ4v) is 6.35. The topological polar surface area (TPSA) is 65.0 Å². The second kappa shape index (κ2) is 7.27. The Morgan fingerprint density at radius 3 is 2.63 bits per heavy atom. The smallest absolute Gasteiger partial charge is 0.342 e. The fraction of sp³-hybridized carbons (Fsp3) is 0.435. The molecular weight excluding hydrogens is 422 g/mol. The summed E-state index contributed by atoms with van der Waals surface area (Å²) in [6.45, 7) is 0.484. The van der Waals surface area contributed by atoms with E-state index in [1.54, 1.807) is 0 Å². The van der Waals surface area contributed by atoms with Crippen LogP contribution in [0, 0.1) is 0 Å². The number of nitrogens with zero attached hydrogens (tertiary/aromatic N) is 1. The molecule has 0 bridgehead atoms. The summed E-state index contributed by atoms with van der Waals surface area (Å²) < 4.78 is 39.7. The van der Waals surface area contributed by atoms with Crippen LogP contribution in [0.25, 0.3) is 0 Å². The van der Waals surface area contributed by atoms with Crippen molar-refractivity contribution in [2.75, 3.05) is 0 Å². The number of aryl methyl sites for hydroxylation is 1. The molecule has 30 heavy (non-hydrogen) atoms. The van der Waals surface area contributed by atoms with Crippen LogP contribution in [0.5, 0.6) is 5.75 Å². The molecule has 158 valence electrons. The van der Waals surface area contributed by atoms with E-state index in [0.29, 0.717) is 13.0 Å². The number of halogens is 1. The molecule has 0 N–H and O–H groups in total. The van der Waals surface area contributed by atoms with Crippen molar-refractivity contribution < 1.29 is 17.9 Å². The number of ether oxygens (including phenoxy) is 2. The van der Waals surface area contributed by atoms with Crippen molar-refractivity contribution in [1.29, 1.82) is 0 Å². The SMILES string of the molecule is O=S(=O)(Cl)N=C1C[C@]23CCCC[C@]2(CCc2cccc(OCc4ccccc4)c23)O1. The van der Waals surface area contributed by atoms with Crippen molar-refractivity contribution >= 4 is 25.8 Å². The zero-order valence-corrected chi connectivity index (χ0v) is 18.2. The maximum absolute atomic E-state index is 11.6. The Balaban J connectivity index is 1.59. The van der Waals surface area contributed by atoms with E-state index in [2.05, 4.69) is 10.5 Å². The van der Waals surface area contributed by atoms with Gasteiger partial charge in [-0.3, -0.25) is 0 Å². The highest BCUT2D eigenvalue weighted by molar-refractivity contribution is 8.12. The average molecular weight is 446 g/mol. The lowest BCUT2D eigenvalue weighted by Crippen LogP contribution is -2.54. The molecule has 0 radical (unpaired) electrons. The highest BCUT2D eigenvalue weighted by Gasteiger charge is 2.64. The molecule has 2 aliphatic carbocycles. The maximum Gasteiger partial charge on any atom is 0.342 e. The molecule has 3 aliphatic rings. The summed E-state index contributed by atoms with van der Waals surface area (Å²) in [5.41, 5.74) is 2.77. The van der Waals surface area contributed by atoms with Gasteiger partial charge in [-0.05, 0) is 49.3 Å². The summed E-state index contributed by atoms with van der Waals surface area (Å²) in [7, 11) is 1.40. The van der Waals surface area contributed by atoms with E-state index in [-0.39, 0.29) is 11.3 Å². The summed E-state index contributed by atoms with van der Waals surface area (Å²) in [4.78, 5) is 0. The Morgan fingerprint density at radius 1 is 1.03 bits per heavy atom. The molecule has 0 amide bonds. The van der Waals surface area contributed by atoms with E-state index in [4.69, 9.17) is 20.2 Å². The largest absolute Gasteiger partial charge is 0.489 e. The van der Waals surface area contributed by atoms with Gasteiger partial charge in [0, 0.05) is 28.1 Å². The second-order valence-corrected chi connectivity index (χ2v) is 10.7. The Kier molecular flexibility index (Phi) is 4.82. The van der Waals surface area contributed by atoms with Crippen molar-refractivity contribution in [2.24, 2.45) is 4.40 Å². The minimum Gasteiger partial charge on any atom is -0.489 e. The van der Waals surface area contributed by atoms with Gasteiger partial charge in [0.25, 0.3) is 0 Å². The van der Waals surface area contributed by atoms with Crippen LogP contribution in [0.15, 0.2) is 52.9 Å². The van der Waals surface area contributed by atoms with E-state index in [1.165, 1.54) is 11.1 Å². The van der Waals surface area contributed by atoms with Crippen molar-refractivity contribution in [3.63, 3.8) is 0 Å². The highest BCUT2D eigenvalue weighted by Crippen LogP contribution is 2.62. The van der Waals surface area contributed by atoms with Gasteiger partial charge in [-0.25, -0.2) is 0 Å². The van der Waals surface area contributed by atoms with Gasteiger partial charge in [0.2, 0.25) is 5.90 Å². The molecular formula is C23H24ClNO4S. The summed E-state index contributed by atoms with van der Waals surface area (Å²) in [6, 6.07) is 16.3. The number of hydrogen-bond acceptors (Lipinski definition) is 4. The monoisotopic (exact) mass is 445 g/mol. The van der Waals surface area contributed by atoms with E-state index < -0.39 is 14.8 Å². The summed E-state index contributed by atoms with van der Waals surface area (Å²) in [5, 5.41) is 0. The van der Waals surface area contributed by atoms with Crippen LogP contribution < -0.4 is 4.74 Å². The first-order valence-electron chi connectivity index (χ1n) is 10.4. The van der Waals surface area contributed by atoms with Crippen LogP contribution in [0.1, 0.15) is 55.2 Å². The van der Waals surface area contributed by atoms with E-state index in [1.807, 2.05) is 42.5 Å². The zero-order chi connectivity index (χ0) is 20.8. The quantitative estimate of drug-likeness (QED) is 0.616. The molecule has 5 rings (SSSR count). The van der Waals surface area contributed by atoms with Crippen LogP contribution in [0.3, 0.4) is 0 Å². The first kappa shape index (κ1) is 19.9. The lowest BCUT2D eigenvalue weighted by atomic mass is 9.54. The molecule has 2 atom stereocenters. The van der Waals surface area contributed by atoms with Crippen molar-refractivity contribution in [2.45, 2.75) is 62.6 Å². The van der Waals surface area contributed by atoms with Crippen LogP contribution in [0.2, 0.25) is 0 Å². The third-order valence-electron chi connectivity index (χ3n) is 6.91. The van der Waals surface area contributed by atoms with Gasteiger partial charge in [-0.15, -0.1) is 4.40 Å². The van der Waals surface area contributed by atoms with Gasteiger partial charge in [-0.1, -0.05) is 48.9 Å². The Bertz CT molecular complexity index is 1100. The predicted octanol–water partition coefficient (Wildman–Crippen LogP) is 5.06. The first-order chi connectivity index (χ1) is 14.4. The van der Waals surface area contributed by atoms with Crippen LogP contribution in [-0.4, -0.2) is 19.9 Å². The third-order valence-corrected chi connectivity index (χ3v) is 7.54. The van der Waals surface area contributed by atoms with Crippen molar-refractivity contribution in [3.8, 4) is 5.75 Å². The van der Waals surface area contributed by atoms with Crippen LogP contribution in [0.4, 0.5) is 0 Å². The molecule has 2 fully saturated rings. The van der Waals surface area contributed by atoms with Crippen LogP contribution >= 0.6 is 10.7 Å². The Morgan fingerprint density at radius 2 is 1.83 bits per heavy atom. The summed E-state index contributed by atoms with van der Waals surface area (Å²) in [6.07, 6.45) is 6.11. The molecule has 5 nitrogen and oxygen atoms in total. The molecule has 0 aromatic heterocycles. The van der Waals surface area contributed by atoms with E-state index in [9.17, 15) is 8.42 Å². The van der Waals surface area contributed by atoms with E-state index in [0.717, 1.165) is 49.8 Å². The predicted molar refractivity (Wildman–Crippen MR) is 116 cm³/mol. The van der Waals surface area contributed by atoms with Crippen LogP contribution in [-0.2, 0) is 32.4 Å². The van der Waals surface area contributed by atoms with Gasteiger partial charge in [0.15, 0.2) is 0 Å². The Hall–Kier alpha value is -2.05. The van der Waals surface area contributed by atoms with Gasteiger partial charge in [0.1, 0.15) is 18.0 Å². The standard InChI is InChI=1S/C23H24ClNO4S/c24-30(26,27)25-20-15-22-12-4-5-13-23(22,29-20)14-11-18-9-6-10-19(21(18)22)28-16-17-7-2-1-3-8-17/h1-3,6-10H,4-5,11-16H2/t22-,23+/m0/s1. The molecule has 1 aliphatic heterocycles. The van der Waals surface area contributed by atoms with Crippen molar-refractivity contribution in [3.05, 3.63) is 65.2 Å². The van der Waals surface area contributed by atoms with Gasteiger partial charge < -0.3 is 9.47 Å². The normalized spacial score (nSPS) is 28.9. The van der Waals surface area contributed by atoms with Gasteiger partial charge in [0.05, 0.1) is 0 Å². The number of rotatable bonds is 4. The minimum absolute atomic E-state index is 0.234. The minimum atomic E-state index is -4.03. The number of hydrogen-bond donors (Lipinski definition) is 0.